The summed E-state index contributed by atoms with van der Waals surface area (Å²) in [6.45, 7) is 6.82. The third-order valence-electron chi connectivity index (χ3n) is 17.4. The number of benzene rings is 1. The number of hydrogen-bond acceptors (Lipinski definition) is 31. The van der Waals surface area contributed by atoms with Gasteiger partial charge in [-0.25, -0.2) is 0 Å². The number of carboxylic acids is 4. The molecule has 0 bridgehead atoms. The largest absolute Gasteiger partial charge is 0.481 e. The molecule has 0 aromatic heterocycles. The molecule has 1 aliphatic heterocycles. The number of unbranched alkanes of at least 4 members (excludes halogenated alkanes) is 1. The monoisotopic (exact) mass is 1790 g/mol. The summed E-state index contributed by atoms with van der Waals surface area (Å²) in [5.74, 6) is -9.82. The average Bonchev–Trinajstić information content (AvgIpc) is 1.49. The van der Waals surface area contributed by atoms with Crippen LogP contribution in [0.3, 0.4) is 0 Å². The molecule has 5 atom stereocenters. The van der Waals surface area contributed by atoms with Crippen molar-refractivity contribution >= 4 is 113 Å². The minimum absolute atomic E-state index is 0.00249. The van der Waals surface area contributed by atoms with E-state index >= 15 is 0 Å². The van der Waals surface area contributed by atoms with Gasteiger partial charge in [-0.3, -0.25) is 82.4 Å². The van der Waals surface area contributed by atoms with Crippen LogP contribution in [0.5, 0.6) is 0 Å². The van der Waals surface area contributed by atoms with E-state index in [1.165, 1.54) is 0 Å². The predicted octanol–water partition coefficient (Wildman–Crippen LogP) is -6.69. The highest BCUT2D eigenvalue weighted by Gasteiger charge is 2.31. The number of aldehydes is 1. The van der Waals surface area contributed by atoms with Gasteiger partial charge in [0.1, 0.15) is 50.3 Å². The van der Waals surface area contributed by atoms with Crippen molar-refractivity contribution < 1.29 is 144 Å². The van der Waals surface area contributed by atoms with Crippen LogP contribution in [0.25, 0.3) is 0 Å². The molecule has 9 amide bonds. The summed E-state index contributed by atoms with van der Waals surface area (Å²) in [5.41, 5.74) is 6.92. The number of ether oxygens (including phenoxy) is 12. The van der Waals surface area contributed by atoms with E-state index in [-0.39, 0.29) is 235 Å². The summed E-state index contributed by atoms with van der Waals surface area (Å²) < 4.78 is 65.6. The summed E-state index contributed by atoms with van der Waals surface area (Å²) in [5, 5.41) is 77.1. The van der Waals surface area contributed by atoms with Crippen molar-refractivity contribution in [1.82, 2.24) is 73.2 Å². The number of hydrogen-bond donors (Lipinski definition) is 18. The summed E-state index contributed by atoms with van der Waals surface area (Å²) in [6, 6.07) is 2.17. The fourth-order valence-corrected chi connectivity index (χ4v) is 11.6. The van der Waals surface area contributed by atoms with Gasteiger partial charge in [-0.15, -0.1) is 0 Å². The predicted molar refractivity (Wildman–Crippen MR) is 445 cm³/mol. The number of thiocarbonyl (C=S) groups is 1. The van der Waals surface area contributed by atoms with E-state index in [2.05, 4.69) is 63.8 Å². The molecule has 19 N–H and O–H groups in total. The molecule has 1 heterocycles. The quantitative estimate of drug-likeness (QED) is 0.00948. The summed E-state index contributed by atoms with van der Waals surface area (Å²) in [6.07, 6.45) is 1.37. The Balaban J connectivity index is 1.69. The maximum atomic E-state index is 13.6. The van der Waals surface area contributed by atoms with Gasteiger partial charge in [0.25, 0.3) is 0 Å². The second-order valence-electron chi connectivity index (χ2n) is 27.3. The van der Waals surface area contributed by atoms with Crippen LogP contribution in [0.4, 0.5) is 5.69 Å². The van der Waals surface area contributed by atoms with Crippen LogP contribution in [0.1, 0.15) is 63.9 Å². The van der Waals surface area contributed by atoms with E-state index in [4.69, 9.17) is 85.3 Å². The van der Waals surface area contributed by atoms with Gasteiger partial charge in [0.05, 0.1) is 171 Å². The third kappa shape index (κ3) is 60.8. The highest BCUT2D eigenvalue weighted by molar-refractivity contribution is 7.80. The second-order valence-corrected chi connectivity index (χ2v) is 27.7. The van der Waals surface area contributed by atoms with Crippen LogP contribution in [-0.2, 0) is 130 Å². The molecular formula is C76H129N17O30S. The van der Waals surface area contributed by atoms with Gasteiger partial charge in [0.2, 0.25) is 53.7 Å². The summed E-state index contributed by atoms with van der Waals surface area (Å²) in [7, 11) is 0. The van der Waals surface area contributed by atoms with Crippen molar-refractivity contribution in [3.8, 4) is 0 Å². The standard InChI is InChI=1S/C76H129N17O30S/c1-2-79-71(108)59(7-5-15-83-75(77)78)90-74(111)60(88-64(97)48-85-73(110)62(86-55-95)47-67(100)101)6-3-4-14-80-65(98)53-122-44-42-120-40-38-116-32-28-112-24-16-81-63(96)13-12-61(72(109)82-17-25-113-29-33-117-36-37-119-35-31-115-27-23-94)89-66(99)54-123-45-43-121-41-39-118-34-30-114-26-18-84-76(124)87-57-10-8-56(9-11-57)46-58-49-92(51-69(104)105)20-19-91(50-68(102)103)21-22-93(58)52-70(106)107/h8-11,23,55,58-62H,2-7,12-22,24-54H2,1H3,(H,79,108)(H,80,98)(H,81,96)(H,82,109)(H,85,110)(H,86,95)(H,88,97)(H,89,99)(H,90,111)(H,100,101)(H,102,103)(H,104,105)(H,106,107)(H4,77,78,83)(H2,84,87,124). The van der Waals surface area contributed by atoms with Crippen LogP contribution in [-0.4, -0.2) is 417 Å². The normalized spacial score (nSPS) is 14.1. The number of carbonyl (C=O) groups excluding carboxylic acids is 10. The lowest BCUT2D eigenvalue weighted by molar-refractivity contribution is -0.140. The van der Waals surface area contributed by atoms with Crippen molar-refractivity contribution in [3.63, 3.8) is 0 Å². The van der Waals surface area contributed by atoms with Crippen molar-refractivity contribution in [2.75, 3.05) is 262 Å². The number of amides is 9. The smallest absolute Gasteiger partial charge is 0.317 e. The molecule has 0 spiro atoms. The molecule has 1 saturated heterocycles. The number of guanidine groups is 1. The van der Waals surface area contributed by atoms with Crippen LogP contribution in [0.15, 0.2) is 24.3 Å². The molecule has 47 nitrogen and oxygen atoms in total. The van der Waals surface area contributed by atoms with Crippen molar-refractivity contribution in [2.24, 2.45) is 5.73 Å². The van der Waals surface area contributed by atoms with Crippen molar-refractivity contribution in [3.05, 3.63) is 29.8 Å². The minimum Gasteiger partial charge on any atom is -0.481 e. The molecule has 124 heavy (non-hydrogen) atoms. The first-order chi connectivity index (χ1) is 59.8. The third-order valence-corrected chi connectivity index (χ3v) is 17.6. The van der Waals surface area contributed by atoms with Crippen LogP contribution < -0.4 is 69.5 Å². The summed E-state index contributed by atoms with van der Waals surface area (Å²) >= 11 is 5.46. The minimum atomic E-state index is -1.47. The van der Waals surface area contributed by atoms with Gasteiger partial charge in [0.15, 0.2) is 11.1 Å². The molecule has 1 aliphatic rings. The topological polar surface area (TPSA) is 635 Å². The number of likely N-dealkylation sites (N-methyl/N-ethyl adjacent to an activating group) is 1. The lowest BCUT2D eigenvalue weighted by Gasteiger charge is -2.33. The number of nitrogens with one attached hydrogen (secondary N) is 13. The summed E-state index contributed by atoms with van der Waals surface area (Å²) in [4.78, 5) is 176. The first-order valence-electron chi connectivity index (χ1n) is 40.9. The average molecular weight is 1790 g/mol. The van der Waals surface area contributed by atoms with Crippen LogP contribution in [0.2, 0.25) is 0 Å². The van der Waals surface area contributed by atoms with E-state index in [1.807, 2.05) is 24.3 Å². The maximum absolute atomic E-state index is 13.6. The maximum Gasteiger partial charge on any atom is 0.317 e. The molecule has 2 rings (SSSR count). The molecule has 704 valence electrons. The molecule has 5 unspecified atom stereocenters. The van der Waals surface area contributed by atoms with Crippen LogP contribution in [0, 0.1) is 5.41 Å². The Kier molecular flexibility index (Phi) is 64.7. The van der Waals surface area contributed by atoms with E-state index in [0.717, 1.165) is 5.56 Å². The highest BCUT2D eigenvalue weighted by atomic mass is 32.1. The first-order valence-corrected chi connectivity index (χ1v) is 41.3. The number of anilines is 1. The Bertz CT molecular complexity index is 3280. The van der Waals surface area contributed by atoms with E-state index < -0.39 is 115 Å². The fraction of sp³-hybridized carbons (Fsp3) is 0.711. The van der Waals surface area contributed by atoms with E-state index in [1.54, 1.807) is 21.6 Å². The highest BCUT2D eigenvalue weighted by Crippen LogP contribution is 2.17. The Morgan fingerprint density at radius 3 is 1.45 bits per heavy atom. The molecular weight excluding hydrogens is 1660 g/mol. The fourth-order valence-electron chi connectivity index (χ4n) is 11.4. The molecule has 1 aromatic rings. The molecule has 1 aromatic carbocycles. The number of rotatable bonds is 77. The number of nitrogens with zero attached hydrogens (tertiary/aromatic N) is 3. The first kappa shape index (κ1) is 110. The zero-order valence-corrected chi connectivity index (χ0v) is 71.3. The molecule has 1 fully saturated rings. The van der Waals surface area contributed by atoms with Gasteiger partial charge >= 0.3 is 23.9 Å². The van der Waals surface area contributed by atoms with Gasteiger partial charge in [-0.2, -0.15) is 0 Å². The van der Waals surface area contributed by atoms with Crippen LogP contribution >= 0.6 is 12.2 Å². The Morgan fingerprint density at radius 1 is 0.460 bits per heavy atom. The van der Waals surface area contributed by atoms with E-state index in [0.29, 0.717) is 95.6 Å². The van der Waals surface area contributed by atoms with E-state index in [9.17, 15) is 82.4 Å². The Morgan fingerprint density at radius 2 is 0.911 bits per heavy atom. The van der Waals surface area contributed by atoms with Gasteiger partial charge in [-0.05, 0) is 81.8 Å². The number of carbonyl (C=O) groups is 14. The molecule has 0 radical (unpaired) electrons. The SMILES string of the molecule is CCNC(=O)C(CCCNC(=N)N)NC(=O)C(CCCCNC(=O)COCCOCCOCCOCCNC(=O)CCC(NC(=O)COCCOCCOCCOCCNC(=S)Nc1ccc(CC2CN(CC(=O)O)CCN(CC(=O)O)CCN2CC(=O)O)cc1)C(=O)NCCOCCOCCOCCOCC=O)NC(=O)CNC(=O)C(CC(=O)O)NC=O. The lowest BCUT2D eigenvalue weighted by atomic mass is 10.0. The number of nitrogens with two attached hydrogens (primary N) is 1. The second kappa shape index (κ2) is 72.6. The Hall–Kier alpha value is -9.64. The Labute approximate surface area is 725 Å². The van der Waals surface area contributed by atoms with Crippen molar-refractivity contribution in [2.45, 2.75) is 94.9 Å². The molecule has 0 saturated carbocycles. The number of carboxylic acid groups (broad SMARTS) is 4. The zero-order valence-electron chi connectivity index (χ0n) is 70.5. The molecule has 48 heteroatoms. The molecule has 0 aliphatic carbocycles. The van der Waals surface area contributed by atoms with Gasteiger partial charge in [0, 0.05) is 90.1 Å². The van der Waals surface area contributed by atoms with Gasteiger partial charge < -0.3 is 152 Å². The van der Waals surface area contributed by atoms with Crippen molar-refractivity contribution in [1.29, 1.82) is 5.41 Å². The zero-order chi connectivity index (χ0) is 91.0. The number of aliphatic carboxylic acids is 4. The van der Waals surface area contributed by atoms with Gasteiger partial charge in [-0.1, -0.05) is 12.1 Å². The lowest BCUT2D eigenvalue weighted by Crippen LogP contribution is -2.55.